The van der Waals surface area contributed by atoms with Crippen LogP contribution in [0.1, 0.15) is 191 Å². The van der Waals surface area contributed by atoms with E-state index < -0.39 is 68.8 Å². The van der Waals surface area contributed by atoms with Gasteiger partial charge >= 0.3 is 29.8 Å². The summed E-state index contributed by atoms with van der Waals surface area (Å²) in [4.78, 5) is 83.6. The van der Waals surface area contributed by atoms with E-state index in [9.17, 15) is 24.3 Å². The highest BCUT2D eigenvalue weighted by Crippen LogP contribution is 2.67. The molecule has 1 N–H and O–H groups in total. The quantitative estimate of drug-likeness (QED) is 0.126. The minimum absolute atomic E-state index is 0. The molecular weight excluding hydrogens is 825 g/mol. The molecule has 12 fully saturated rings. The number of Topliss-reactive ketones (excluding diaryl/α,β-unsaturated/α-hetero) is 1. The van der Waals surface area contributed by atoms with Crippen LogP contribution in [0.15, 0.2) is 0 Å². The highest BCUT2D eigenvalue weighted by atomic mass is 16.6. The summed E-state index contributed by atoms with van der Waals surface area (Å²) in [5.41, 5.74) is -5.91. The lowest BCUT2D eigenvalue weighted by atomic mass is 9.44. The summed E-state index contributed by atoms with van der Waals surface area (Å²) < 4.78 is 24.4. The van der Waals surface area contributed by atoms with Gasteiger partial charge in [0.25, 0.3) is 0 Å². The lowest BCUT2D eigenvalue weighted by Gasteiger charge is -2.64. The fourth-order valence-corrected chi connectivity index (χ4v) is 16.9. The van der Waals surface area contributed by atoms with Crippen LogP contribution in [0, 0.1) is 93.2 Å². The number of esters is 5. The van der Waals surface area contributed by atoms with Gasteiger partial charge in [0.2, 0.25) is 0 Å². The third-order valence-corrected chi connectivity index (χ3v) is 18.9. The lowest BCUT2D eigenvalue weighted by molar-refractivity contribution is -0.238. The molecule has 10 bridgehead atoms. The fourth-order valence-electron chi connectivity index (χ4n) is 16.9. The summed E-state index contributed by atoms with van der Waals surface area (Å²) in [5, 5.41) is 11.7. The maximum atomic E-state index is 15.5. The maximum absolute atomic E-state index is 15.5. The smallest absolute Gasteiger partial charge is 0.318 e. The van der Waals surface area contributed by atoms with Gasteiger partial charge in [0.05, 0.1) is 40.8 Å². The van der Waals surface area contributed by atoms with Crippen molar-refractivity contribution in [2.24, 2.45) is 93.2 Å². The molecule has 2 saturated heterocycles. The van der Waals surface area contributed by atoms with Gasteiger partial charge in [0, 0.05) is 23.2 Å². The maximum Gasteiger partial charge on any atom is 0.318 e. The zero-order chi connectivity index (χ0) is 40.4. The van der Waals surface area contributed by atoms with E-state index in [-0.39, 0.29) is 131 Å². The van der Waals surface area contributed by atoms with Gasteiger partial charge in [-0.1, -0.05) is 73.3 Å². The Hall–Kier alpha value is -2.82. The number of carbonyl (C=O) groups excluding carboxylic acids is 6. The van der Waals surface area contributed by atoms with Crippen molar-refractivity contribution in [2.45, 2.75) is 208 Å². The number of hydrogen-bond acceptors (Lipinski definition) is 11. The highest BCUT2D eigenvalue weighted by Gasteiger charge is 2.68. The van der Waals surface area contributed by atoms with E-state index in [2.05, 4.69) is 6.92 Å². The van der Waals surface area contributed by atoms with Gasteiger partial charge in [-0.25, -0.2) is 0 Å². The Morgan fingerprint density at radius 3 is 1.82 bits per heavy atom. The van der Waals surface area contributed by atoms with Crippen LogP contribution < -0.4 is 0 Å². The Morgan fingerprint density at radius 2 is 1.28 bits per heavy atom. The van der Waals surface area contributed by atoms with Crippen molar-refractivity contribution in [3.63, 3.8) is 0 Å². The molecule has 10 aliphatic carbocycles. The zero-order valence-electron chi connectivity index (χ0n) is 34.6. The Morgan fingerprint density at radius 1 is 0.692 bits per heavy atom. The van der Waals surface area contributed by atoms with Crippen molar-refractivity contribution in [1.82, 2.24) is 0 Å². The van der Waals surface area contributed by atoms with Crippen LogP contribution in [0.25, 0.3) is 0 Å². The minimum atomic E-state index is -1.65. The first-order chi connectivity index (χ1) is 26.7. The predicted octanol–water partition coefficient (Wildman–Crippen LogP) is 11.2. The van der Waals surface area contributed by atoms with Crippen LogP contribution in [0.5, 0.6) is 0 Å². The number of carbonyl (C=O) groups is 6. The van der Waals surface area contributed by atoms with E-state index >= 15 is 9.59 Å². The van der Waals surface area contributed by atoms with Crippen molar-refractivity contribution in [3.05, 3.63) is 0 Å². The Bertz CT molecular complexity index is 1800. The Kier molecular flexibility index (Phi) is 16.7. The van der Waals surface area contributed by atoms with Crippen molar-refractivity contribution in [1.29, 1.82) is 0 Å². The highest BCUT2D eigenvalue weighted by molar-refractivity contribution is 6.00. The summed E-state index contributed by atoms with van der Waals surface area (Å²) in [6.45, 7) is 11.7. The molecule has 0 aromatic rings. The van der Waals surface area contributed by atoms with Crippen LogP contribution in [0.4, 0.5) is 0 Å². The second kappa shape index (κ2) is 18.6. The molecule has 2 aliphatic heterocycles. The number of hydrogen-bond donors (Lipinski definition) is 1. The van der Waals surface area contributed by atoms with Crippen LogP contribution in [0.3, 0.4) is 0 Å². The fraction of sp³-hybridized carbons (Fsp3) is 0.889. The van der Waals surface area contributed by atoms with E-state index in [1.807, 2.05) is 20.8 Å². The third-order valence-electron chi connectivity index (χ3n) is 18.9. The molecule has 14 atom stereocenters. The van der Waals surface area contributed by atoms with E-state index in [1.54, 1.807) is 13.8 Å². The van der Waals surface area contributed by atoms with Crippen molar-refractivity contribution >= 4 is 35.6 Å². The van der Waals surface area contributed by atoms with Gasteiger partial charge in [0.15, 0.2) is 0 Å². The molecular formula is C54H94O11. The standard InChI is InChI=1S/C46H62O11.8CH4/c1-22-29-10-30(32-19-54-37(49)33(29)32)31(22)18-42(5,39(51)56-41(3,4)44-11-25-7-26(12-44)14-45(53,13-25)21-44)20-43(6,34-23(2)36(48)55-38(34)50)40(52)57-46-15-24-8-27(16-46)35(47)28(9-24)17-46;;;;;;;;/h22-34,53H,7-21H2,1-6H3;8*1H4. The van der Waals surface area contributed by atoms with Crippen LogP contribution in [-0.4, -0.2) is 64.1 Å². The summed E-state index contributed by atoms with van der Waals surface area (Å²) in [5.74, 6) is -3.44. The SMILES string of the molecule is C.C.C.C.C.C.C.C.CC1C(=O)OC(=O)C1C(C)(CC(C)(CC1C(C)C2CC1C1COC(=O)C21)C(=O)OC(C)(C)C12CC3CC(CC(O)(C3)C1)C2)C(=O)OC12CC3CC(C1)C(=O)C(C3)C2. The second-order valence-electron chi connectivity index (χ2n) is 23.0. The molecule has 0 aromatic carbocycles. The van der Waals surface area contributed by atoms with E-state index in [1.165, 1.54) is 0 Å². The zero-order valence-corrected chi connectivity index (χ0v) is 34.6. The van der Waals surface area contributed by atoms with Gasteiger partial charge in [-0.05, 0) is 159 Å². The van der Waals surface area contributed by atoms with Gasteiger partial charge < -0.3 is 24.1 Å². The largest absolute Gasteiger partial charge is 0.465 e. The lowest BCUT2D eigenvalue weighted by Crippen LogP contribution is -2.63. The minimum Gasteiger partial charge on any atom is -0.465 e. The van der Waals surface area contributed by atoms with E-state index in [0.29, 0.717) is 50.5 Å². The first-order valence-electron chi connectivity index (χ1n) is 22.3. The predicted molar refractivity (Wildman–Crippen MR) is 255 cm³/mol. The van der Waals surface area contributed by atoms with Gasteiger partial charge in [0.1, 0.15) is 17.0 Å². The van der Waals surface area contributed by atoms with Crippen LogP contribution in [-0.2, 0) is 47.7 Å². The van der Waals surface area contributed by atoms with Crippen LogP contribution in [0.2, 0.25) is 0 Å². The van der Waals surface area contributed by atoms with E-state index in [0.717, 1.165) is 51.4 Å². The Balaban J connectivity index is 0.00000181. The molecule has 12 aliphatic rings. The molecule has 14 unspecified atom stereocenters. The number of cyclic esters (lactones) is 3. The normalized spacial score (nSPS) is 43.3. The topological polar surface area (TPSA) is 160 Å². The number of aliphatic hydroxyl groups is 1. The number of ketones is 1. The van der Waals surface area contributed by atoms with Crippen LogP contribution >= 0.6 is 0 Å². The van der Waals surface area contributed by atoms with Gasteiger partial charge in [-0.15, -0.1) is 0 Å². The molecule has 0 spiro atoms. The van der Waals surface area contributed by atoms with Gasteiger partial charge in [-0.3, -0.25) is 28.8 Å². The first-order valence-corrected chi connectivity index (χ1v) is 22.3. The molecule has 0 amide bonds. The second-order valence-corrected chi connectivity index (χ2v) is 23.0. The molecule has 65 heavy (non-hydrogen) atoms. The number of fused-ring (bicyclic) bond motifs is 5. The van der Waals surface area contributed by atoms with Crippen molar-refractivity contribution < 1.29 is 52.8 Å². The monoisotopic (exact) mass is 919 g/mol. The molecule has 2 heterocycles. The third kappa shape index (κ3) is 8.46. The molecule has 376 valence electrons. The molecule has 10 saturated carbocycles. The summed E-state index contributed by atoms with van der Waals surface area (Å²) >= 11 is 0. The average Bonchev–Trinajstić information content (AvgIpc) is 3.82. The summed E-state index contributed by atoms with van der Waals surface area (Å²) in [6, 6.07) is 0. The number of ether oxygens (including phenoxy) is 4. The molecule has 11 heteroatoms. The van der Waals surface area contributed by atoms with Crippen molar-refractivity contribution in [3.8, 4) is 0 Å². The summed E-state index contributed by atoms with van der Waals surface area (Å²) in [7, 11) is 0. The number of rotatable bonds is 10. The van der Waals surface area contributed by atoms with Gasteiger partial charge in [-0.2, -0.15) is 0 Å². The summed E-state index contributed by atoms with van der Waals surface area (Å²) in [6.07, 6.45) is 9.35. The van der Waals surface area contributed by atoms with Crippen molar-refractivity contribution in [2.75, 3.05) is 6.61 Å². The first kappa shape index (κ1) is 58.3. The molecule has 0 radical (unpaired) electrons. The molecule has 0 aromatic heterocycles. The molecule has 11 nitrogen and oxygen atoms in total. The molecule has 12 rings (SSSR count). The average molecular weight is 919 g/mol. The Labute approximate surface area is 394 Å². The van der Waals surface area contributed by atoms with E-state index in [4.69, 9.17) is 18.9 Å².